The van der Waals surface area contributed by atoms with E-state index >= 15 is 0 Å². The highest BCUT2D eigenvalue weighted by molar-refractivity contribution is 5.83. The first-order valence-electron chi connectivity index (χ1n) is 10.3. The van der Waals surface area contributed by atoms with Crippen LogP contribution in [0.1, 0.15) is 45.7 Å². The predicted octanol–water partition coefficient (Wildman–Crippen LogP) is 5.00. The Kier molecular flexibility index (Phi) is 5.93. The molecule has 0 N–H and O–H groups in total. The van der Waals surface area contributed by atoms with Gasteiger partial charge in [-0.25, -0.2) is 4.79 Å². The van der Waals surface area contributed by atoms with Crippen molar-refractivity contribution in [3.8, 4) is 5.69 Å². The summed E-state index contributed by atoms with van der Waals surface area (Å²) < 4.78 is 13.0. The number of hydrogen-bond donors (Lipinski definition) is 0. The van der Waals surface area contributed by atoms with Crippen LogP contribution in [-0.2, 0) is 25.7 Å². The van der Waals surface area contributed by atoms with E-state index in [2.05, 4.69) is 0 Å². The summed E-state index contributed by atoms with van der Waals surface area (Å²) in [7, 11) is 0. The second-order valence-corrected chi connectivity index (χ2v) is 9.48. The fraction of sp³-hybridized carbons (Fsp3) is 0.440. The maximum Gasteiger partial charge on any atom is 0.330 e. The first kappa shape index (κ1) is 21.9. The minimum Gasteiger partial charge on any atom is -0.461 e. The smallest absolute Gasteiger partial charge is 0.330 e. The molecule has 1 aliphatic carbocycles. The highest BCUT2D eigenvalue weighted by Crippen LogP contribution is 2.59. The molecule has 3 rings (SSSR count). The van der Waals surface area contributed by atoms with Gasteiger partial charge in [-0.05, 0) is 68.4 Å². The molecular formula is C25H31NO4. The Balaban J connectivity index is 1.62. The van der Waals surface area contributed by atoms with Crippen LogP contribution in [0.3, 0.4) is 0 Å². The number of hydrogen-bond acceptors (Lipinski definition) is 4. The van der Waals surface area contributed by atoms with E-state index in [1.54, 1.807) is 6.08 Å². The second kappa shape index (κ2) is 8.13. The molecular weight excluding hydrogens is 378 g/mol. The summed E-state index contributed by atoms with van der Waals surface area (Å²) in [4.78, 5) is 24.7. The quantitative estimate of drug-likeness (QED) is 0.498. The third kappa shape index (κ3) is 4.84. The van der Waals surface area contributed by atoms with Crippen LogP contribution in [-0.4, -0.2) is 22.1 Å². The molecule has 2 atom stereocenters. The van der Waals surface area contributed by atoms with Gasteiger partial charge in [-0.1, -0.05) is 32.1 Å². The molecule has 160 valence electrons. The Morgan fingerprint density at radius 3 is 2.43 bits per heavy atom. The number of benzene rings is 1. The minimum atomic E-state index is -0.536. The van der Waals surface area contributed by atoms with E-state index in [0.717, 1.165) is 16.8 Å². The standard InChI is InChI=1S/C25H31NO4/c1-17-18(10-9-11-20(17)26-14-7-8-15-26)16-29-23(28)22-19(25(22,5)6)12-13-21(27)30-24(2,3)4/h7-15,19,22H,16H2,1-6H3/t19-,22-/m0/s1. The van der Waals surface area contributed by atoms with Gasteiger partial charge in [-0.3, -0.25) is 4.79 Å². The van der Waals surface area contributed by atoms with Gasteiger partial charge >= 0.3 is 11.9 Å². The molecule has 2 aromatic rings. The summed E-state index contributed by atoms with van der Waals surface area (Å²) in [6.45, 7) is 11.8. The molecule has 5 heteroatoms. The summed E-state index contributed by atoms with van der Waals surface area (Å²) >= 11 is 0. The monoisotopic (exact) mass is 409 g/mol. The molecule has 0 saturated heterocycles. The van der Waals surface area contributed by atoms with E-state index in [1.165, 1.54) is 6.08 Å². The molecule has 30 heavy (non-hydrogen) atoms. The van der Waals surface area contributed by atoms with Crippen molar-refractivity contribution in [2.75, 3.05) is 0 Å². The zero-order valence-corrected chi connectivity index (χ0v) is 18.6. The van der Waals surface area contributed by atoms with Crippen molar-refractivity contribution >= 4 is 11.9 Å². The molecule has 1 aliphatic rings. The van der Waals surface area contributed by atoms with Crippen molar-refractivity contribution in [2.24, 2.45) is 17.3 Å². The molecule has 0 radical (unpaired) electrons. The molecule has 1 aromatic carbocycles. The topological polar surface area (TPSA) is 57.5 Å². The van der Waals surface area contributed by atoms with Crippen LogP contribution in [0.2, 0.25) is 0 Å². The minimum absolute atomic E-state index is 0.0372. The Morgan fingerprint density at radius 1 is 1.13 bits per heavy atom. The molecule has 0 spiro atoms. The van der Waals surface area contributed by atoms with E-state index in [1.807, 2.05) is 88.8 Å². The van der Waals surface area contributed by atoms with Gasteiger partial charge in [0.2, 0.25) is 0 Å². The number of allylic oxidation sites excluding steroid dienone is 1. The zero-order valence-electron chi connectivity index (χ0n) is 18.6. The summed E-state index contributed by atoms with van der Waals surface area (Å²) in [5.74, 6) is -0.923. The molecule has 1 fully saturated rings. The van der Waals surface area contributed by atoms with Crippen molar-refractivity contribution in [2.45, 2.75) is 53.8 Å². The summed E-state index contributed by atoms with van der Waals surface area (Å²) in [6, 6.07) is 9.95. The molecule has 0 unspecified atom stereocenters. The number of rotatable bonds is 6. The van der Waals surface area contributed by atoms with Crippen molar-refractivity contribution in [3.05, 3.63) is 66.0 Å². The van der Waals surface area contributed by atoms with Gasteiger partial charge in [0.25, 0.3) is 0 Å². The van der Waals surface area contributed by atoms with Crippen molar-refractivity contribution < 1.29 is 19.1 Å². The van der Waals surface area contributed by atoms with E-state index in [9.17, 15) is 9.59 Å². The fourth-order valence-electron chi connectivity index (χ4n) is 3.84. The Bertz CT molecular complexity index is 948. The van der Waals surface area contributed by atoms with Gasteiger partial charge < -0.3 is 14.0 Å². The van der Waals surface area contributed by atoms with Crippen LogP contribution in [0.25, 0.3) is 5.69 Å². The van der Waals surface area contributed by atoms with Crippen LogP contribution in [0.4, 0.5) is 0 Å². The van der Waals surface area contributed by atoms with Crippen LogP contribution >= 0.6 is 0 Å². The Morgan fingerprint density at radius 2 is 1.80 bits per heavy atom. The normalized spacial score (nSPS) is 20.2. The number of nitrogens with zero attached hydrogens (tertiary/aromatic N) is 1. The van der Waals surface area contributed by atoms with Gasteiger partial charge in [0.1, 0.15) is 12.2 Å². The zero-order chi connectivity index (χ0) is 22.1. The highest BCUT2D eigenvalue weighted by atomic mass is 16.6. The van der Waals surface area contributed by atoms with Crippen LogP contribution in [0.15, 0.2) is 54.9 Å². The number of ether oxygens (including phenoxy) is 2. The molecule has 0 aliphatic heterocycles. The summed E-state index contributed by atoms with van der Waals surface area (Å²) in [6.07, 6.45) is 7.19. The molecule has 1 heterocycles. The van der Waals surface area contributed by atoms with Crippen molar-refractivity contribution in [1.29, 1.82) is 0 Å². The summed E-state index contributed by atoms with van der Waals surface area (Å²) in [5, 5.41) is 0. The number of esters is 2. The maximum atomic E-state index is 12.7. The van der Waals surface area contributed by atoms with E-state index < -0.39 is 11.6 Å². The average molecular weight is 410 g/mol. The number of aromatic nitrogens is 1. The van der Waals surface area contributed by atoms with E-state index in [-0.39, 0.29) is 29.8 Å². The number of carbonyl (C=O) groups excluding carboxylic acids is 2. The molecule has 0 amide bonds. The van der Waals surface area contributed by atoms with E-state index in [0.29, 0.717) is 0 Å². The van der Waals surface area contributed by atoms with Crippen LogP contribution in [0, 0.1) is 24.2 Å². The first-order valence-corrected chi connectivity index (χ1v) is 10.3. The lowest BCUT2D eigenvalue weighted by Gasteiger charge is -2.17. The first-order chi connectivity index (χ1) is 14.0. The molecule has 1 aromatic heterocycles. The van der Waals surface area contributed by atoms with Gasteiger partial charge in [0, 0.05) is 24.2 Å². The highest BCUT2D eigenvalue weighted by Gasteiger charge is 2.61. The maximum absolute atomic E-state index is 12.7. The lowest BCUT2D eigenvalue weighted by atomic mass is 10.1. The predicted molar refractivity (Wildman–Crippen MR) is 116 cm³/mol. The average Bonchev–Trinajstić information content (AvgIpc) is 2.98. The lowest BCUT2D eigenvalue weighted by Crippen LogP contribution is -2.22. The van der Waals surface area contributed by atoms with Gasteiger partial charge in [-0.15, -0.1) is 0 Å². The lowest BCUT2D eigenvalue weighted by molar-refractivity contribution is -0.149. The van der Waals surface area contributed by atoms with Gasteiger partial charge in [0.15, 0.2) is 0 Å². The van der Waals surface area contributed by atoms with Crippen LogP contribution in [0.5, 0.6) is 0 Å². The third-order valence-electron chi connectivity index (χ3n) is 5.68. The Hall–Kier alpha value is -2.82. The largest absolute Gasteiger partial charge is 0.461 e. The second-order valence-electron chi connectivity index (χ2n) is 9.48. The van der Waals surface area contributed by atoms with Gasteiger partial charge in [0.05, 0.1) is 5.92 Å². The van der Waals surface area contributed by atoms with Crippen molar-refractivity contribution in [1.82, 2.24) is 4.57 Å². The Labute approximate surface area is 178 Å². The van der Waals surface area contributed by atoms with Crippen molar-refractivity contribution in [3.63, 3.8) is 0 Å². The SMILES string of the molecule is Cc1c(COC(=O)[C@@H]2[C@H](C=CC(=O)OC(C)(C)C)C2(C)C)cccc1-n1cccc1. The fourth-order valence-corrected chi connectivity index (χ4v) is 3.84. The van der Waals surface area contributed by atoms with Gasteiger partial charge in [-0.2, -0.15) is 0 Å². The molecule has 0 bridgehead atoms. The van der Waals surface area contributed by atoms with E-state index in [4.69, 9.17) is 9.47 Å². The molecule has 5 nitrogen and oxygen atoms in total. The molecule has 1 saturated carbocycles. The number of carbonyl (C=O) groups is 2. The van der Waals surface area contributed by atoms with Crippen LogP contribution < -0.4 is 0 Å². The summed E-state index contributed by atoms with van der Waals surface area (Å²) in [5.41, 5.74) is 2.36. The third-order valence-corrected chi connectivity index (χ3v) is 5.68.